The van der Waals surface area contributed by atoms with Crippen LogP contribution in [0.3, 0.4) is 0 Å². The summed E-state index contributed by atoms with van der Waals surface area (Å²) < 4.78 is 12.0. The van der Waals surface area contributed by atoms with Crippen molar-refractivity contribution in [3.05, 3.63) is 29.6 Å². The van der Waals surface area contributed by atoms with Gasteiger partial charge in [-0.05, 0) is 24.5 Å². The molecule has 2 aromatic rings. The summed E-state index contributed by atoms with van der Waals surface area (Å²) in [5, 5.41) is 17.1. The molecular formula is C15H19N3O4. The Morgan fingerprint density at radius 1 is 1.32 bits per heavy atom. The molecule has 0 spiro atoms. The number of aromatic nitrogens is 3. The van der Waals surface area contributed by atoms with Crippen LogP contribution in [0.2, 0.25) is 0 Å². The first-order valence-electron chi connectivity index (χ1n) is 6.88. The predicted octanol–water partition coefficient (Wildman–Crippen LogP) is 2.18. The lowest BCUT2D eigenvalue weighted by atomic mass is 10.1. The number of carbonyl (C=O) groups is 1. The summed E-state index contributed by atoms with van der Waals surface area (Å²) in [5.41, 5.74) is 1.14. The van der Waals surface area contributed by atoms with Gasteiger partial charge in [-0.15, -0.1) is 5.10 Å². The molecule has 0 aliphatic rings. The molecule has 2 rings (SSSR count). The Balaban J connectivity index is 2.59. The first-order chi connectivity index (χ1) is 10.5. The molecule has 0 saturated heterocycles. The molecule has 1 heterocycles. The smallest absolute Gasteiger partial charge is 0.358 e. The van der Waals surface area contributed by atoms with E-state index in [0.29, 0.717) is 29.3 Å². The largest absolute Gasteiger partial charge is 0.497 e. The van der Waals surface area contributed by atoms with Crippen LogP contribution in [-0.4, -0.2) is 40.3 Å². The quantitative estimate of drug-likeness (QED) is 0.880. The molecule has 0 amide bonds. The minimum absolute atomic E-state index is 0.0356. The Bertz CT molecular complexity index is 679. The number of carboxylic acids is 1. The van der Waals surface area contributed by atoms with Gasteiger partial charge in [-0.2, -0.15) is 0 Å². The predicted molar refractivity (Wildman–Crippen MR) is 80.0 cm³/mol. The molecule has 22 heavy (non-hydrogen) atoms. The summed E-state index contributed by atoms with van der Waals surface area (Å²) in [5.74, 6) is 0.352. The van der Waals surface area contributed by atoms with Crippen molar-refractivity contribution in [2.75, 3.05) is 14.2 Å². The normalized spacial score (nSPS) is 10.8. The summed E-state index contributed by atoms with van der Waals surface area (Å²) >= 11 is 0. The van der Waals surface area contributed by atoms with Crippen molar-refractivity contribution < 1.29 is 19.4 Å². The molecule has 0 bridgehead atoms. The average molecular weight is 305 g/mol. The third kappa shape index (κ3) is 3.03. The molecule has 1 aromatic carbocycles. The standard InChI is InChI=1S/C15H19N3O4/c1-9(2)7-12-14(15(19)20)16-17-18(12)11-6-5-10(21-3)8-13(11)22-4/h5-6,8-9H,7H2,1-4H3,(H,19,20). The highest BCUT2D eigenvalue weighted by Crippen LogP contribution is 2.29. The number of rotatable bonds is 6. The summed E-state index contributed by atoms with van der Waals surface area (Å²) in [6, 6.07) is 5.25. The van der Waals surface area contributed by atoms with Crippen LogP contribution in [-0.2, 0) is 6.42 Å². The number of benzene rings is 1. The molecule has 0 aliphatic heterocycles. The Kier molecular flexibility index (Phi) is 4.65. The van der Waals surface area contributed by atoms with Crippen LogP contribution >= 0.6 is 0 Å². The Labute approximate surface area is 128 Å². The number of hydrogen-bond donors (Lipinski definition) is 1. The topological polar surface area (TPSA) is 86.5 Å². The van der Waals surface area contributed by atoms with E-state index in [1.807, 2.05) is 13.8 Å². The molecule has 0 unspecified atom stereocenters. The molecule has 0 radical (unpaired) electrons. The number of ether oxygens (including phenoxy) is 2. The van der Waals surface area contributed by atoms with Crippen molar-refractivity contribution in [1.82, 2.24) is 15.0 Å². The zero-order chi connectivity index (χ0) is 16.3. The van der Waals surface area contributed by atoms with E-state index >= 15 is 0 Å². The molecule has 0 fully saturated rings. The monoisotopic (exact) mass is 305 g/mol. The zero-order valence-electron chi connectivity index (χ0n) is 13.0. The average Bonchev–Trinajstić information content (AvgIpc) is 2.89. The Hall–Kier alpha value is -2.57. The molecule has 118 valence electrons. The summed E-state index contributed by atoms with van der Waals surface area (Å²) in [4.78, 5) is 11.3. The highest BCUT2D eigenvalue weighted by atomic mass is 16.5. The van der Waals surface area contributed by atoms with Crippen molar-refractivity contribution >= 4 is 5.97 Å². The van der Waals surface area contributed by atoms with Crippen molar-refractivity contribution in [3.8, 4) is 17.2 Å². The van der Waals surface area contributed by atoms with Gasteiger partial charge in [0.15, 0.2) is 5.69 Å². The molecule has 0 aliphatic carbocycles. The molecule has 0 atom stereocenters. The van der Waals surface area contributed by atoms with E-state index in [1.54, 1.807) is 25.3 Å². The van der Waals surface area contributed by atoms with Gasteiger partial charge in [0, 0.05) is 6.07 Å². The van der Waals surface area contributed by atoms with Crippen LogP contribution in [0.5, 0.6) is 11.5 Å². The summed E-state index contributed by atoms with van der Waals surface area (Å²) in [7, 11) is 3.10. The van der Waals surface area contributed by atoms with Crippen LogP contribution in [0.1, 0.15) is 30.0 Å². The molecule has 7 heteroatoms. The second-order valence-corrected chi connectivity index (χ2v) is 5.24. The van der Waals surface area contributed by atoms with Gasteiger partial charge in [0.25, 0.3) is 0 Å². The highest BCUT2D eigenvalue weighted by Gasteiger charge is 2.22. The SMILES string of the molecule is COc1ccc(-n2nnc(C(=O)O)c2CC(C)C)c(OC)c1. The maximum Gasteiger partial charge on any atom is 0.358 e. The van der Waals surface area contributed by atoms with Crippen LogP contribution < -0.4 is 9.47 Å². The minimum Gasteiger partial charge on any atom is -0.497 e. The van der Waals surface area contributed by atoms with Crippen molar-refractivity contribution in [2.24, 2.45) is 5.92 Å². The van der Waals surface area contributed by atoms with Crippen LogP contribution in [0.25, 0.3) is 5.69 Å². The van der Waals surface area contributed by atoms with Gasteiger partial charge in [0.05, 0.1) is 19.9 Å². The van der Waals surface area contributed by atoms with E-state index in [1.165, 1.54) is 11.8 Å². The van der Waals surface area contributed by atoms with Gasteiger partial charge in [-0.25, -0.2) is 9.48 Å². The minimum atomic E-state index is -1.09. The van der Waals surface area contributed by atoms with Crippen LogP contribution in [0.15, 0.2) is 18.2 Å². The fraction of sp³-hybridized carbons (Fsp3) is 0.400. The molecule has 1 aromatic heterocycles. The van der Waals surface area contributed by atoms with Gasteiger partial charge in [0.2, 0.25) is 0 Å². The van der Waals surface area contributed by atoms with Crippen LogP contribution in [0, 0.1) is 5.92 Å². The first-order valence-corrected chi connectivity index (χ1v) is 6.88. The van der Waals surface area contributed by atoms with E-state index in [2.05, 4.69) is 10.3 Å². The van der Waals surface area contributed by atoms with Gasteiger partial charge in [-0.1, -0.05) is 19.1 Å². The van der Waals surface area contributed by atoms with Gasteiger partial charge in [-0.3, -0.25) is 0 Å². The maximum absolute atomic E-state index is 11.3. The van der Waals surface area contributed by atoms with Gasteiger partial charge < -0.3 is 14.6 Å². The van der Waals surface area contributed by atoms with Crippen LogP contribution in [0.4, 0.5) is 0 Å². The molecule has 0 saturated carbocycles. The molecule has 1 N–H and O–H groups in total. The Morgan fingerprint density at radius 2 is 2.05 bits per heavy atom. The van der Waals surface area contributed by atoms with Gasteiger partial charge in [0.1, 0.15) is 17.2 Å². The van der Waals surface area contributed by atoms with Crippen molar-refractivity contribution in [1.29, 1.82) is 0 Å². The number of nitrogens with zero attached hydrogens (tertiary/aromatic N) is 3. The highest BCUT2D eigenvalue weighted by molar-refractivity contribution is 5.86. The first kappa shape index (κ1) is 15.8. The van der Waals surface area contributed by atoms with Crippen molar-refractivity contribution in [3.63, 3.8) is 0 Å². The lowest BCUT2D eigenvalue weighted by Crippen LogP contribution is -2.10. The van der Waals surface area contributed by atoms with E-state index < -0.39 is 5.97 Å². The fourth-order valence-corrected chi connectivity index (χ4v) is 2.19. The van der Waals surface area contributed by atoms with Crippen molar-refractivity contribution in [2.45, 2.75) is 20.3 Å². The van der Waals surface area contributed by atoms with Gasteiger partial charge >= 0.3 is 5.97 Å². The fourth-order valence-electron chi connectivity index (χ4n) is 2.19. The number of aromatic carboxylic acids is 1. The number of hydrogen-bond acceptors (Lipinski definition) is 5. The summed E-state index contributed by atoms with van der Waals surface area (Å²) in [6.45, 7) is 4.02. The van der Waals surface area contributed by atoms with E-state index in [-0.39, 0.29) is 11.6 Å². The third-order valence-electron chi connectivity index (χ3n) is 3.18. The van der Waals surface area contributed by atoms with E-state index in [0.717, 1.165) is 0 Å². The Morgan fingerprint density at radius 3 is 2.59 bits per heavy atom. The lowest BCUT2D eigenvalue weighted by molar-refractivity contribution is 0.0689. The summed E-state index contributed by atoms with van der Waals surface area (Å²) in [6.07, 6.45) is 0.545. The zero-order valence-corrected chi connectivity index (χ0v) is 13.0. The van der Waals surface area contributed by atoms with E-state index in [4.69, 9.17) is 9.47 Å². The second kappa shape index (κ2) is 6.46. The number of methoxy groups -OCH3 is 2. The second-order valence-electron chi connectivity index (χ2n) is 5.24. The lowest BCUT2D eigenvalue weighted by Gasteiger charge is -2.13. The maximum atomic E-state index is 11.3. The molecular weight excluding hydrogens is 286 g/mol. The molecule has 7 nitrogen and oxygen atoms in total. The van der Waals surface area contributed by atoms with E-state index in [9.17, 15) is 9.90 Å². The number of carboxylic acid groups (broad SMARTS) is 1. The third-order valence-corrected chi connectivity index (χ3v) is 3.18.